The Kier molecular flexibility index (Phi) is 4.95. The van der Waals surface area contributed by atoms with Crippen molar-refractivity contribution in [3.63, 3.8) is 0 Å². The predicted octanol–water partition coefficient (Wildman–Crippen LogP) is 1.22. The minimum absolute atomic E-state index is 0.143. The summed E-state index contributed by atoms with van der Waals surface area (Å²) in [4.78, 5) is 4.27. The number of rotatable bonds is 6. The van der Waals surface area contributed by atoms with Gasteiger partial charge in [-0.1, -0.05) is 0 Å². The fourth-order valence-corrected chi connectivity index (χ4v) is 3.44. The third-order valence-electron chi connectivity index (χ3n) is 3.42. The van der Waals surface area contributed by atoms with Crippen molar-refractivity contribution in [2.45, 2.75) is 31.2 Å². The van der Waals surface area contributed by atoms with Crippen LogP contribution < -0.4 is 10.0 Å². The number of pyridine rings is 1. The van der Waals surface area contributed by atoms with Crippen LogP contribution in [0.5, 0.6) is 0 Å². The zero-order valence-corrected chi connectivity index (χ0v) is 12.6. The van der Waals surface area contributed by atoms with Crippen LogP contribution in [0.3, 0.4) is 0 Å². The third-order valence-corrected chi connectivity index (χ3v) is 4.96. The molecule has 1 fully saturated rings. The van der Waals surface area contributed by atoms with Crippen molar-refractivity contribution < 1.29 is 13.2 Å². The molecule has 6 nitrogen and oxygen atoms in total. The molecule has 7 heteroatoms. The van der Waals surface area contributed by atoms with Crippen LogP contribution in [0.4, 0.5) is 5.82 Å². The molecule has 112 valence electrons. The predicted molar refractivity (Wildman–Crippen MR) is 77.1 cm³/mol. The Bertz CT molecular complexity index is 524. The van der Waals surface area contributed by atoms with Gasteiger partial charge in [0.05, 0.1) is 6.61 Å². The first kappa shape index (κ1) is 15.2. The lowest BCUT2D eigenvalue weighted by Gasteiger charge is -2.19. The molecule has 0 aromatic carbocycles. The van der Waals surface area contributed by atoms with Crippen molar-refractivity contribution in [1.29, 1.82) is 0 Å². The largest absolute Gasteiger partial charge is 0.381 e. The van der Waals surface area contributed by atoms with Gasteiger partial charge in [-0.05, 0) is 32.4 Å². The van der Waals surface area contributed by atoms with E-state index in [0.29, 0.717) is 19.0 Å². The summed E-state index contributed by atoms with van der Waals surface area (Å²) in [5.41, 5.74) is 0. The molecule has 1 saturated heterocycles. The molecule has 1 aromatic rings. The Labute approximate surface area is 120 Å². The van der Waals surface area contributed by atoms with Gasteiger partial charge in [0.15, 0.2) is 0 Å². The number of hydrogen-bond donors (Lipinski definition) is 2. The van der Waals surface area contributed by atoms with Crippen LogP contribution in [0.1, 0.15) is 20.3 Å². The second-order valence-corrected chi connectivity index (χ2v) is 6.66. The van der Waals surface area contributed by atoms with Gasteiger partial charge >= 0.3 is 0 Å². The first-order valence-corrected chi connectivity index (χ1v) is 8.31. The maximum atomic E-state index is 12.3. The molecule has 1 aliphatic rings. The highest BCUT2D eigenvalue weighted by atomic mass is 32.2. The zero-order chi connectivity index (χ0) is 14.6. The lowest BCUT2D eigenvalue weighted by Crippen LogP contribution is -2.38. The summed E-state index contributed by atoms with van der Waals surface area (Å²) in [7, 11) is -3.52. The highest BCUT2D eigenvalue weighted by Gasteiger charge is 2.26. The highest BCUT2D eigenvalue weighted by molar-refractivity contribution is 7.89. The van der Waals surface area contributed by atoms with Gasteiger partial charge in [-0.3, -0.25) is 0 Å². The van der Waals surface area contributed by atoms with E-state index in [1.165, 1.54) is 6.20 Å². The van der Waals surface area contributed by atoms with E-state index in [0.717, 1.165) is 13.0 Å². The molecule has 2 unspecified atom stereocenters. The molecular formula is C13H21N3O3S. The van der Waals surface area contributed by atoms with Crippen LogP contribution in [-0.2, 0) is 14.8 Å². The second-order valence-electron chi connectivity index (χ2n) is 4.94. The number of nitrogens with zero attached hydrogens (tertiary/aromatic N) is 1. The summed E-state index contributed by atoms with van der Waals surface area (Å²) in [5.74, 6) is 0.905. The van der Waals surface area contributed by atoms with Crippen LogP contribution in [0, 0.1) is 5.92 Å². The first-order chi connectivity index (χ1) is 9.53. The Morgan fingerprint density at radius 2 is 2.30 bits per heavy atom. The van der Waals surface area contributed by atoms with E-state index >= 15 is 0 Å². The van der Waals surface area contributed by atoms with Crippen molar-refractivity contribution in [2.24, 2.45) is 5.92 Å². The quantitative estimate of drug-likeness (QED) is 0.825. The van der Waals surface area contributed by atoms with Gasteiger partial charge in [0.25, 0.3) is 0 Å². The summed E-state index contributed by atoms with van der Waals surface area (Å²) < 4.78 is 32.5. The minimum atomic E-state index is -3.52. The van der Waals surface area contributed by atoms with E-state index in [1.54, 1.807) is 12.1 Å². The maximum absolute atomic E-state index is 12.3. The topological polar surface area (TPSA) is 80.3 Å². The summed E-state index contributed by atoms with van der Waals surface area (Å²) in [6, 6.07) is 3.09. The lowest BCUT2D eigenvalue weighted by molar-refractivity contribution is 0.180. The van der Waals surface area contributed by atoms with Gasteiger partial charge in [-0.2, -0.15) is 0 Å². The van der Waals surface area contributed by atoms with E-state index in [4.69, 9.17) is 4.74 Å². The van der Waals surface area contributed by atoms with Gasteiger partial charge in [-0.15, -0.1) is 0 Å². The average Bonchev–Trinajstić information content (AvgIpc) is 2.93. The summed E-state index contributed by atoms with van der Waals surface area (Å²) in [6.07, 6.45) is 2.26. The van der Waals surface area contributed by atoms with E-state index < -0.39 is 10.0 Å². The molecule has 0 aliphatic carbocycles. The minimum Gasteiger partial charge on any atom is -0.381 e. The van der Waals surface area contributed by atoms with Crippen LogP contribution in [0.25, 0.3) is 0 Å². The third kappa shape index (κ3) is 3.68. The summed E-state index contributed by atoms with van der Waals surface area (Å²) in [5, 5.41) is 3.03. The van der Waals surface area contributed by atoms with Gasteiger partial charge in [-0.25, -0.2) is 18.1 Å². The first-order valence-electron chi connectivity index (χ1n) is 6.83. The standard InChI is InChI=1S/C13H21N3O3S/c1-3-14-13-5-4-12(8-15-13)20(17,18)16-10(2)11-6-7-19-9-11/h4-5,8,10-11,16H,3,6-7,9H2,1-2H3,(H,14,15). The Balaban J connectivity index is 2.05. The fourth-order valence-electron chi connectivity index (χ4n) is 2.18. The molecule has 0 amide bonds. The number of anilines is 1. The second kappa shape index (κ2) is 6.51. The van der Waals surface area contributed by atoms with Crippen LogP contribution in [0.15, 0.2) is 23.2 Å². The monoisotopic (exact) mass is 299 g/mol. The molecule has 2 heterocycles. The van der Waals surface area contributed by atoms with Gasteiger partial charge in [0.2, 0.25) is 10.0 Å². The van der Waals surface area contributed by atoms with Crippen molar-refractivity contribution in [2.75, 3.05) is 25.1 Å². The number of sulfonamides is 1. The summed E-state index contributed by atoms with van der Waals surface area (Å²) >= 11 is 0. The molecule has 0 radical (unpaired) electrons. The van der Waals surface area contributed by atoms with Crippen LogP contribution in [0.2, 0.25) is 0 Å². The summed E-state index contributed by atoms with van der Waals surface area (Å²) in [6.45, 7) is 5.89. The molecular weight excluding hydrogens is 278 g/mol. The molecule has 20 heavy (non-hydrogen) atoms. The fraction of sp³-hybridized carbons (Fsp3) is 0.615. The number of aromatic nitrogens is 1. The van der Waals surface area contributed by atoms with E-state index in [9.17, 15) is 8.42 Å². The van der Waals surface area contributed by atoms with Crippen molar-refractivity contribution in [1.82, 2.24) is 9.71 Å². The van der Waals surface area contributed by atoms with Gasteiger partial charge in [0.1, 0.15) is 10.7 Å². The van der Waals surface area contributed by atoms with Gasteiger partial charge in [0, 0.05) is 31.3 Å². The smallest absolute Gasteiger partial charge is 0.242 e. The highest BCUT2D eigenvalue weighted by Crippen LogP contribution is 2.19. The Morgan fingerprint density at radius 3 is 2.85 bits per heavy atom. The van der Waals surface area contributed by atoms with Crippen molar-refractivity contribution >= 4 is 15.8 Å². The SMILES string of the molecule is CCNc1ccc(S(=O)(=O)NC(C)C2CCOC2)cn1. The molecule has 0 saturated carbocycles. The van der Waals surface area contributed by atoms with Crippen LogP contribution >= 0.6 is 0 Å². The number of hydrogen-bond acceptors (Lipinski definition) is 5. The molecule has 2 rings (SSSR count). The van der Waals surface area contributed by atoms with Crippen molar-refractivity contribution in [3.8, 4) is 0 Å². The number of ether oxygens (including phenoxy) is 1. The number of nitrogens with one attached hydrogen (secondary N) is 2. The van der Waals surface area contributed by atoms with E-state index in [2.05, 4.69) is 15.0 Å². The molecule has 2 atom stereocenters. The van der Waals surface area contributed by atoms with E-state index in [1.807, 2.05) is 13.8 Å². The Morgan fingerprint density at radius 1 is 1.50 bits per heavy atom. The maximum Gasteiger partial charge on any atom is 0.242 e. The molecule has 0 bridgehead atoms. The molecule has 1 aromatic heterocycles. The van der Waals surface area contributed by atoms with Crippen LogP contribution in [-0.4, -0.2) is 39.2 Å². The lowest BCUT2D eigenvalue weighted by atomic mass is 10.0. The van der Waals surface area contributed by atoms with E-state index in [-0.39, 0.29) is 16.9 Å². The normalized spacial score (nSPS) is 20.8. The molecule has 2 N–H and O–H groups in total. The average molecular weight is 299 g/mol. The van der Waals surface area contributed by atoms with Gasteiger partial charge < -0.3 is 10.1 Å². The molecule has 1 aliphatic heterocycles. The zero-order valence-electron chi connectivity index (χ0n) is 11.8. The molecule has 0 spiro atoms. The van der Waals surface area contributed by atoms with Crippen molar-refractivity contribution in [3.05, 3.63) is 18.3 Å². The Hall–Kier alpha value is -1.18.